The highest BCUT2D eigenvalue weighted by Gasteiger charge is 2.05. The summed E-state index contributed by atoms with van der Waals surface area (Å²) in [7, 11) is 0. The lowest BCUT2D eigenvalue weighted by molar-refractivity contribution is 1.06. The summed E-state index contributed by atoms with van der Waals surface area (Å²) in [6.45, 7) is 9.65. The van der Waals surface area contributed by atoms with Crippen molar-refractivity contribution < 1.29 is 0 Å². The molecule has 1 rings (SSSR count). The fraction of sp³-hybridized carbons (Fsp3) is 0.182. The Kier molecular flexibility index (Phi) is 2.93. The molecule has 1 atom stereocenters. The molecule has 0 fully saturated rings. The van der Waals surface area contributed by atoms with E-state index in [2.05, 4.69) is 13.5 Å². The SMILES string of the molecule is [CH2]C(C=C)c1cccc(Cl)c1C. The first-order valence-corrected chi connectivity index (χ1v) is 4.25. The molecule has 0 saturated carbocycles. The number of hydrogen-bond donors (Lipinski definition) is 0. The minimum atomic E-state index is 0.128. The van der Waals surface area contributed by atoms with Crippen molar-refractivity contribution in [2.24, 2.45) is 0 Å². The molecule has 0 spiro atoms. The standard InChI is InChI=1S/C11H12Cl/c1-4-8(2)10-6-5-7-11(12)9(10)3/h4-8H,1-2H2,3H3. The molecule has 0 heterocycles. The molecule has 12 heavy (non-hydrogen) atoms. The maximum absolute atomic E-state index is 5.95. The van der Waals surface area contributed by atoms with Crippen LogP contribution in [0.5, 0.6) is 0 Å². The second kappa shape index (κ2) is 3.77. The average Bonchev–Trinajstić information content (AvgIpc) is 2.08. The van der Waals surface area contributed by atoms with Crippen LogP contribution >= 0.6 is 11.6 Å². The molecule has 0 saturated heterocycles. The summed E-state index contributed by atoms with van der Waals surface area (Å²) in [4.78, 5) is 0. The van der Waals surface area contributed by atoms with Gasteiger partial charge in [-0.15, -0.1) is 6.58 Å². The molecule has 1 unspecified atom stereocenters. The van der Waals surface area contributed by atoms with E-state index in [0.717, 1.165) is 16.1 Å². The van der Waals surface area contributed by atoms with Crippen LogP contribution in [0.2, 0.25) is 5.02 Å². The third-order valence-corrected chi connectivity index (χ3v) is 2.40. The summed E-state index contributed by atoms with van der Waals surface area (Å²) >= 11 is 5.95. The fourth-order valence-corrected chi connectivity index (χ4v) is 1.33. The first-order chi connectivity index (χ1) is 5.66. The number of rotatable bonds is 2. The topological polar surface area (TPSA) is 0 Å². The molecule has 0 amide bonds. The second-order valence-electron chi connectivity index (χ2n) is 2.80. The van der Waals surface area contributed by atoms with Gasteiger partial charge in [0.1, 0.15) is 0 Å². The van der Waals surface area contributed by atoms with Gasteiger partial charge in [-0.2, -0.15) is 0 Å². The summed E-state index contributed by atoms with van der Waals surface area (Å²) in [5, 5.41) is 0.794. The number of allylic oxidation sites excluding steroid dienone is 1. The predicted octanol–water partition coefficient (Wildman–Crippen LogP) is 3.75. The van der Waals surface area contributed by atoms with E-state index in [1.54, 1.807) is 0 Å². The molecule has 1 aromatic carbocycles. The number of hydrogen-bond acceptors (Lipinski definition) is 0. The van der Waals surface area contributed by atoms with Gasteiger partial charge in [0.2, 0.25) is 0 Å². The molecule has 0 aromatic heterocycles. The summed E-state index contributed by atoms with van der Waals surface area (Å²) < 4.78 is 0. The van der Waals surface area contributed by atoms with Crippen LogP contribution in [0.15, 0.2) is 30.9 Å². The zero-order valence-corrected chi connectivity index (χ0v) is 7.93. The predicted molar refractivity (Wildman–Crippen MR) is 54.5 cm³/mol. The summed E-state index contributed by atoms with van der Waals surface area (Å²) in [6, 6.07) is 5.85. The van der Waals surface area contributed by atoms with Crippen LogP contribution in [0.25, 0.3) is 0 Å². The van der Waals surface area contributed by atoms with Crippen LogP contribution in [-0.4, -0.2) is 0 Å². The van der Waals surface area contributed by atoms with E-state index in [1.165, 1.54) is 0 Å². The molecular formula is C11H12Cl. The van der Waals surface area contributed by atoms with Crippen molar-refractivity contribution in [2.45, 2.75) is 12.8 Å². The van der Waals surface area contributed by atoms with E-state index in [-0.39, 0.29) is 5.92 Å². The molecule has 0 aliphatic rings. The van der Waals surface area contributed by atoms with Crippen LogP contribution in [-0.2, 0) is 0 Å². The Morgan fingerprint density at radius 3 is 2.75 bits per heavy atom. The third-order valence-electron chi connectivity index (χ3n) is 1.99. The van der Waals surface area contributed by atoms with Gasteiger partial charge in [0, 0.05) is 10.9 Å². The first kappa shape index (κ1) is 9.34. The highest BCUT2D eigenvalue weighted by Crippen LogP contribution is 2.25. The van der Waals surface area contributed by atoms with E-state index in [0.29, 0.717) is 0 Å². The van der Waals surface area contributed by atoms with E-state index >= 15 is 0 Å². The lowest BCUT2D eigenvalue weighted by Gasteiger charge is -2.10. The maximum Gasteiger partial charge on any atom is 0.0438 e. The second-order valence-corrected chi connectivity index (χ2v) is 3.20. The van der Waals surface area contributed by atoms with Gasteiger partial charge >= 0.3 is 0 Å². The lowest BCUT2D eigenvalue weighted by Crippen LogP contribution is -1.93. The number of halogens is 1. The molecule has 1 radical (unpaired) electrons. The van der Waals surface area contributed by atoms with Crippen LogP contribution in [0.1, 0.15) is 17.0 Å². The molecule has 0 nitrogen and oxygen atoms in total. The van der Waals surface area contributed by atoms with Crippen molar-refractivity contribution >= 4 is 11.6 Å². The molecule has 63 valence electrons. The molecule has 1 aromatic rings. The quantitative estimate of drug-likeness (QED) is 0.607. The zero-order valence-electron chi connectivity index (χ0n) is 7.18. The molecule has 0 aliphatic heterocycles. The van der Waals surface area contributed by atoms with E-state index in [9.17, 15) is 0 Å². The van der Waals surface area contributed by atoms with Gasteiger partial charge in [-0.1, -0.05) is 29.8 Å². The van der Waals surface area contributed by atoms with Crippen molar-refractivity contribution in [2.75, 3.05) is 0 Å². The van der Waals surface area contributed by atoms with Crippen molar-refractivity contribution in [3.05, 3.63) is 53.9 Å². The van der Waals surface area contributed by atoms with Gasteiger partial charge in [0.15, 0.2) is 0 Å². The minimum Gasteiger partial charge on any atom is -0.102 e. The minimum absolute atomic E-state index is 0.128. The average molecular weight is 180 g/mol. The zero-order chi connectivity index (χ0) is 9.14. The monoisotopic (exact) mass is 179 g/mol. The molecule has 1 heteroatoms. The van der Waals surface area contributed by atoms with Gasteiger partial charge < -0.3 is 0 Å². The fourth-order valence-electron chi connectivity index (χ4n) is 1.15. The Balaban J connectivity index is 3.15. The normalized spacial score (nSPS) is 12.6. The molecule has 0 bridgehead atoms. The van der Waals surface area contributed by atoms with Gasteiger partial charge in [-0.25, -0.2) is 0 Å². The van der Waals surface area contributed by atoms with Crippen molar-refractivity contribution in [1.82, 2.24) is 0 Å². The lowest BCUT2D eigenvalue weighted by atomic mass is 9.97. The maximum atomic E-state index is 5.95. The molecule has 0 N–H and O–H groups in total. The Labute approximate surface area is 78.9 Å². The summed E-state index contributed by atoms with van der Waals surface area (Å²) in [5.41, 5.74) is 2.25. The third kappa shape index (κ3) is 1.70. The van der Waals surface area contributed by atoms with Crippen LogP contribution in [0.4, 0.5) is 0 Å². The smallest absolute Gasteiger partial charge is 0.0438 e. The van der Waals surface area contributed by atoms with Crippen molar-refractivity contribution in [1.29, 1.82) is 0 Å². The van der Waals surface area contributed by atoms with Crippen LogP contribution in [0, 0.1) is 13.8 Å². The Bertz CT molecular complexity index is 289. The highest BCUT2D eigenvalue weighted by atomic mass is 35.5. The summed E-state index contributed by atoms with van der Waals surface area (Å²) in [5.74, 6) is 0.128. The van der Waals surface area contributed by atoms with Gasteiger partial charge in [-0.3, -0.25) is 0 Å². The highest BCUT2D eigenvalue weighted by molar-refractivity contribution is 6.31. The Morgan fingerprint density at radius 1 is 1.50 bits per heavy atom. The molecule has 0 aliphatic carbocycles. The van der Waals surface area contributed by atoms with Gasteiger partial charge in [0.25, 0.3) is 0 Å². The van der Waals surface area contributed by atoms with E-state index in [4.69, 9.17) is 11.6 Å². The van der Waals surface area contributed by atoms with E-state index in [1.807, 2.05) is 31.2 Å². The van der Waals surface area contributed by atoms with Crippen LogP contribution in [0.3, 0.4) is 0 Å². The molecular weight excluding hydrogens is 168 g/mol. The Hall–Kier alpha value is -0.750. The van der Waals surface area contributed by atoms with Crippen molar-refractivity contribution in [3.8, 4) is 0 Å². The van der Waals surface area contributed by atoms with Crippen LogP contribution < -0.4 is 0 Å². The van der Waals surface area contributed by atoms with Gasteiger partial charge in [-0.05, 0) is 31.0 Å². The number of benzene rings is 1. The van der Waals surface area contributed by atoms with E-state index < -0.39 is 0 Å². The summed E-state index contributed by atoms with van der Waals surface area (Å²) in [6.07, 6.45) is 1.82. The van der Waals surface area contributed by atoms with Gasteiger partial charge in [0.05, 0.1) is 0 Å². The first-order valence-electron chi connectivity index (χ1n) is 3.87. The Morgan fingerprint density at radius 2 is 2.17 bits per heavy atom. The largest absolute Gasteiger partial charge is 0.102 e. The van der Waals surface area contributed by atoms with Crippen molar-refractivity contribution in [3.63, 3.8) is 0 Å².